The number of hydrogen-bond acceptors (Lipinski definition) is 3. The van der Waals surface area contributed by atoms with E-state index >= 15 is 0 Å². The van der Waals surface area contributed by atoms with Crippen molar-refractivity contribution >= 4 is 5.78 Å². The normalized spacial score (nSPS) is 10.6. The summed E-state index contributed by atoms with van der Waals surface area (Å²) in [5.41, 5.74) is 1.56. The molecule has 0 bridgehead atoms. The molecule has 0 N–H and O–H groups in total. The lowest BCUT2D eigenvalue weighted by Gasteiger charge is -2.05. The van der Waals surface area contributed by atoms with Crippen molar-refractivity contribution in [3.8, 4) is 5.82 Å². The van der Waals surface area contributed by atoms with Crippen molar-refractivity contribution in [2.24, 2.45) is 0 Å². The van der Waals surface area contributed by atoms with Gasteiger partial charge >= 0.3 is 0 Å². The summed E-state index contributed by atoms with van der Waals surface area (Å²) in [7, 11) is 0. The number of nitrogens with zero attached hydrogens (tertiary/aromatic N) is 3. The fourth-order valence-electron chi connectivity index (χ4n) is 1.63. The molecule has 88 valence electrons. The van der Waals surface area contributed by atoms with E-state index in [1.807, 2.05) is 0 Å². The molecule has 17 heavy (non-hydrogen) atoms. The van der Waals surface area contributed by atoms with E-state index in [4.69, 9.17) is 0 Å². The molecule has 0 aliphatic carbocycles. The van der Waals surface area contributed by atoms with E-state index in [9.17, 15) is 9.18 Å². The average molecular weight is 233 g/mol. The molecule has 0 radical (unpaired) electrons. The highest BCUT2D eigenvalue weighted by Crippen LogP contribution is 2.14. The maximum absolute atomic E-state index is 13.1. The van der Waals surface area contributed by atoms with Crippen LogP contribution in [0, 0.1) is 19.7 Å². The zero-order chi connectivity index (χ0) is 12.6. The van der Waals surface area contributed by atoms with Gasteiger partial charge in [-0.25, -0.2) is 14.1 Å². The molecular weight excluding hydrogens is 221 g/mol. The van der Waals surface area contributed by atoms with Crippen molar-refractivity contribution in [2.75, 3.05) is 0 Å². The standard InChI is InChI=1S/C12H12FN3O/c1-7-11(13)4-5-12(15-7)16-8(2)10(6-14-16)9(3)17/h4-6H,1-3H3. The van der Waals surface area contributed by atoms with Gasteiger partial charge in [0.15, 0.2) is 11.6 Å². The predicted molar refractivity (Wildman–Crippen MR) is 60.8 cm³/mol. The third-order valence-electron chi connectivity index (χ3n) is 2.61. The Morgan fingerprint density at radius 2 is 2.06 bits per heavy atom. The summed E-state index contributed by atoms with van der Waals surface area (Å²) in [6, 6.07) is 2.87. The van der Waals surface area contributed by atoms with Gasteiger partial charge in [0.05, 0.1) is 23.1 Å². The number of ketones is 1. The Balaban J connectivity index is 2.53. The highest BCUT2D eigenvalue weighted by molar-refractivity contribution is 5.94. The molecule has 0 aliphatic heterocycles. The summed E-state index contributed by atoms with van der Waals surface area (Å²) >= 11 is 0. The minimum atomic E-state index is -0.356. The summed E-state index contributed by atoms with van der Waals surface area (Å²) in [6.45, 7) is 4.85. The van der Waals surface area contributed by atoms with Crippen LogP contribution in [0.25, 0.3) is 5.82 Å². The van der Waals surface area contributed by atoms with Gasteiger partial charge in [-0.3, -0.25) is 4.79 Å². The van der Waals surface area contributed by atoms with Gasteiger partial charge in [0.2, 0.25) is 0 Å². The third kappa shape index (κ3) is 1.95. The molecular formula is C12H12FN3O. The Morgan fingerprint density at radius 3 is 2.59 bits per heavy atom. The second-order valence-electron chi connectivity index (χ2n) is 3.85. The van der Waals surface area contributed by atoms with Crippen LogP contribution in [-0.4, -0.2) is 20.5 Å². The fourth-order valence-corrected chi connectivity index (χ4v) is 1.63. The first-order valence-corrected chi connectivity index (χ1v) is 5.20. The highest BCUT2D eigenvalue weighted by atomic mass is 19.1. The molecule has 0 amide bonds. The highest BCUT2D eigenvalue weighted by Gasteiger charge is 2.12. The number of aryl methyl sites for hydroxylation is 1. The van der Waals surface area contributed by atoms with Crippen LogP contribution in [0.15, 0.2) is 18.3 Å². The largest absolute Gasteiger partial charge is 0.294 e. The second-order valence-corrected chi connectivity index (χ2v) is 3.85. The van der Waals surface area contributed by atoms with Crippen LogP contribution in [0.4, 0.5) is 4.39 Å². The monoisotopic (exact) mass is 233 g/mol. The molecule has 0 fully saturated rings. The van der Waals surface area contributed by atoms with E-state index in [-0.39, 0.29) is 11.6 Å². The molecule has 2 aromatic rings. The van der Waals surface area contributed by atoms with E-state index in [2.05, 4.69) is 10.1 Å². The summed E-state index contributed by atoms with van der Waals surface area (Å²) in [5.74, 6) is 0.104. The number of carbonyl (C=O) groups excluding carboxylic acids is 1. The molecule has 0 spiro atoms. The molecule has 5 heteroatoms. The van der Waals surface area contributed by atoms with Crippen molar-refractivity contribution in [3.05, 3.63) is 41.1 Å². The number of pyridine rings is 1. The van der Waals surface area contributed by atoms with Gasteiger partial charge in [0.25, 0.3) is 0 Å². The smallest absolute Gasteiger partial charge is 0.163 e. The van der Waals surface area contributed by atoms with Crippen LogP contribution in [0.2, 0.25) is 0 Å². The van der Waals surface area contributed by atoms with Gasteiger partial charge in [-0.2, -0.15) is 5.10 Å². The zero-order valence-electron chi connectivity index (χ0n) is 9.86. The van der Waals surface area contributed by atoms with Crippen molar-refractivity contribution in [1.82, 2.24) is 14.8 Å². The molecule has 0 aromatic carbocycles. The molecule has 2 heterocycles. The maximum Gasteiger partial charge on any atom is 0.163 e. The number of aromatic nitrogens is 3. The Labute approximate surface area is 98.1 Å². The minimum Gasteiger partial charge on any atom is -0.294 e. The van der Waals surface area contributed by atoms with Gasteiger partial charge < -0.3 is 0 Å². The molecule has 2 aromatic heterocycles. The summed E-state index contributed by atoms with van der Waals surface area (Å²) in [6.07, 6.45) is 1.50. The van der Waals surface area contributed by atoms with Crippen molar-refractivity contribution < 1.29 is 9.18 Å². The quantitative estimate of drug-likeness (QED) is 0.747. The summed E-state index contributed by atoms with van der Waals surface area (Å²) in [5, 5.41) is 4.09. The molecule has 0 saturated heterocycles. The van der Waals surface area contributed by atoms with Gasteiger partial charge in [-0.15, -0.1) is 0 Å². The Morgan fingerprint density at radius 1 is 1.35 bits per heavy atom. The lowest BCUT2D eigenvalue weighted by Crippen LogP contribution is -2.05. The van der Waals surface area contributed by atoms with Gasteiger partial charge in [-0.05, 0) is 32.9 Å². The van der Waals surface area contributed by atoms with Crippen LogP contribution in [0.5, 0.6) is 0 Å². The van der Waals surface area contributed by atoms with E-state index in [1.54, 1.807) is 13.8 Å². The topological polar surface area (TPSA) is 47.8 Å². The SMILES string of the molecule is CC(=O)c1cnn(-c2ccc(F)c(C)n2)c1C. The lowest BCUT2D eigenvalue weighted by molar-refractivity contribution is 0.101. The molecule has 0 aliphatic rings. The second kappa shape index (κ2) is 4.08. The van der Waals surface area contributed by atoms with Gasteiger partial charge in [0.1, 0.15) is 5.82 Å². The van der Waals surface area contributed by atoms with Crippen LogP contribution >= 0.6 is 0 Å². The van der Waals surface area contributed by atoms with Gasteiger partial charge in [-0.1, -0.05) is 0 Å². The Bertz CT molecular complexity index is 589. The van der Waals surface area contributed by atoms with Crippen LogP contribution in [0.3, 0.4) is 0 Å². The molecule has 2 rings (SSSR count). The van der Waals surface area contributed by atoms with Crippen LogP contribution in [-0.2, 0) is 0 Å². The Kier molecular flexibility index (Phi) is 2.75. The molecule has 4 nitrogen and oxygen atoms in total. The van der Waals surface area contributed by atoms with E-state index in [0.29, 0.717) is 22.8 Å². The summed E-state index contributed by atoms with van der Waals surface area (Å²) < 4.78 is 14.6. The minimum absolute atomic E-state index is 0.0485. The maximum atomic E-state index is 13.1. The lowest BCUT2D eigenvalue weighted by atomic mass is 10.2. The molecule has 0 atom stereocenters. The average Bonchev–Trinajstić information content (AvgIpc) is 2.64. The van der Waals surface area contributed by atoms with Crippen molar-refractivity contribution in [1.29, 1.82) is 0 Å². The van der Waals surface area contributed by atoms with E-state index in [1.165, 1.54) is 29.9 Å². The number of rotatable bonds is 2. The van der Waals surface area contributed by atoms with Crippen LogP contribution in [0.1, 0.15) is 28.7 Å². The first-order chi connectivity index (χ1) is 8.00. The first kappa shape index (κ1) is 11.4. The molecule has 0 saturated carbocycles. The number of carbonyl (C=O) groups is 1. The third-order valence-corrected chi connectivity index (χ3v) is 2.61. The molecule has 0 unspecified atom stereocenters. The zero-order valence-corrected chi connectivity index (χ0v) is 9.86. The van der Waals surface area contributed by atoms with Crippen LogP contribution < -0.4 is 0 Å². The van der Waals surface area contributed by atoms with E-state index in [0.717, 1.165) is 0 Å². The summed E-state index contributed by atoms with van der Waals surface area (Å²) in [4.78, 5) is 15.4. The number of hydrogen-bond donors (Lipinski definition) is 0. The van der Waals surface area contributed by atoms with Crippen molar-refractivity contribution in [2.45, 2.75) is 20.8 Å². The van der Waals surface area contributed by atoms with Gasteiger partial charge in [0, 0.05) is 0 Å². The predicted octanol–water partition coefficient (Wildman–Crippen LogP) is 2.23. The first-order valence-electron chi connectivity index (χ1n) is 5.20. The Hall–Kier alpha value is -2.04. The van der Waals surface area contributed by atoms with E-state index < -0.39 is 0 Å². The number of halogens is 1. The van der Waals surface area contributed by atoms with Crippen molar-refractivity contribution in [3.63, 3.8) is 0 Å². The fraction of sp³-hybridized carbons (Fsp3) is 0.250. The number of Topliss-reactive ketones (excluding diaryl/α,β-unsaturated/α-hetero) is 1.